The fourth-order valence-electron chi connectivity index (χ4n) is 1.22. The third-order valence-electron chi connectivity index (χ3n) is 2.18. The number of aromatic nitrogens is 2. The topological polar surface area (TPSA) is 35.0 Å². The van der Waals surface area contributed by atoms with Crippen LogP contribution < -0.4 is 4.74 Å². The van der Waals surface area contributed by atoms with E-state index in [0.717, 1.165) is 12.1 Å². The summed E-state index contributed by atoms with van der Waals surface area (Å²) in [6.45, 7) is 10.2. The standard InChI is InChI=1S/C14H20N2O/c1-6-7-8-11(2)17-13-10-15-12(9-16-13)14(3,4)5/h9-11H,6H2,1-5H3/t11-/m0/s1. The van der Waals surface area contributed by atoms with Gasteiger partial charge in [-0.15, -0.1) is 0 Å². The Labute approximate surface area is 104 Å². The van der Waals surface area contributed by atoms with Crippen molar-refractivity contribution in [2.75, 3.05) is 0 Å². The van der Waals surface area contributed by atoms with Crippen molar-refractivity contribution in [2.45, 2.75) is 52.6 Å². The van der Waals surface area contributed by atoms with Gasteiger partial charge in [0, 0.05) is 11.8 Å². The molecular weight excluding hydrogens is 212 g/mol. The summed E-state index contributed by atoms with van der Waals surface area (Å²) >= 11 is 0. The van der Waals surface area contributed by atoms with Gasteiger partial charge in [-0.25, -0.2) is 4.98 Å². The molecule has 0 fully saturated rings. The van der Waals surface area contributed by atoms with Crippen LogP contribution in [0.15, 0.2) is 12.4 Å². The number of hydrogen-bond acceptors (Lipinski definition) is 3. The molecule has 0 bridgehead atoms. The van der Waals surface area contributed by atoms with E-state index in [1.54, 1.807) is 12.4 Å². The summed E-state index contributed by atoms with van der Waals surface area (Å²) in [6.07, 6.45) is 4.10. The number of rotatable bonds is 2. The Morgan fingerprint density at radius 3 is 2.47 bits per heavy atom. The summed E-state index contributed by atoms with van der Waals surface area (Å²) in [4.78, 5) is 8.59. The second kappa shape index (κ2) is 5.67. The maximum atomic E-state index is 5.54. The van der Waals surface area contributed by atoms with Crippen LogP contribution in [-0.2, 0) is 5.41 Å². The van der Waals surface area contributed by atoms with Gasteiger partial charge in [-0.05, 0) is 6.92 Å². The van der Waals surface area contributed by atoms with Crippen LogP contribution >= 0.6 is 0 Å². The van der Waals surface area contributed by atoms with Crippen molar-refractivity contribution >= 4 is 0 Å². The summed E-state index contributed by atoms with van der Waals surface area (Å²) in [7, 11) is 0. The van der Waals surface area contributed by atoms with Gasteiger partial charge in [-0.2, -0.15) is 0 Å². The molecular formula is C14H20N2O. The predicted octanol–water partition coefficient (Wildman–Crippen LogP) is 2.95. The van der Waals surface area contributed by atoms with Gasteiger partial charge in [0.25, 0.3) is 0 Å². The Bertz CT molecular complexity index is 407. The third kappa shape index (κ3) is 4.44. The first-order valence-electron chi connectivity index (χ1n) is 5.91. The molecule has 0 unspecified atom stereocenters. The van der Waals surface area contributed by atoms with E-state index >= 15 is 0 Å². The van der Waals surface area contributed by atoms with Gasteiger partial charge in [-0.3, -0.25) is 4.98 Å². The zero-order valence-electron chi connectivity index (χ0n) is 11.2. The van der Waals surface area contributed by atoms with E-state index in [1.165, 1.54) is 0 Å². The quantitative estimate of drug-likeness (QED) is 0.735. The minimum atomic E-state index is -0.148. The molecule has 0 aliphatic carbocycles. The van der Waals surface area contributed by atoms with Crippen molar-refractivity contribution < 1.29 is 4.74 Å². The highest BCUT2D eigenvalue weighted by atomic mass is 16.5. The molecule has 92 valence electrons. The Balaban J connectivity index is 2.69. The van der Waals surface area contributed by atoms with Crippen LogP contribution in [0, 0.1) is 11.8 Å². The van der Waals surface area contributed by atoms with Crippen LogP contribution in [0.2, 0.25) is 0 Å². The molecule has 0 radical (unpaired) electrons. The van der Waals surface area contributed by atoms with Crippen molar-refractivity contribution in [3.8, 4) is 17.7 Å². The highest BCUT2D eigenvalue weighted by Gasteiger charge is 2.15. The molecule has 0 aromatic carbocycles. The first-order valence-corrected chi connectivity index (χ1v) is 5.91. The Morgan fingerprint density at radius 1 is 1.29 bits per heavy atom. The second-order valence-electron chi connectivity index (χ2n) is 4.92. The van der Waals surface area contributed by atoms with Gasteiger partial charge in [0.15, 0.2) is 6.10 Å². The van der Waals surface area contributed by atoms with Crippen molar-refractivity contribution in [1.82, 2.24) is 9.97 Å². The van der Waals surface area contributed by atoms with Crippen LogP contribution in [-0.4, -0.2) is 16.1 Å². The summed E-state index contributed by atoms with van der Waals surface area (Å²) in [5.41, 5.74) is 0.969. The fraction of sp³-hybridized carbons (Fsp3) is 0.571. The van der Waals surface area contributed by atoms with E-state index in [0.29, 0.717) is 5.88 Å². The second-order valence-corrected chi connectivity index (χ2v) is 4.92. The molecule has 0 amide bonds. The van der Waals surface area contributed by atoms with E-state index in [2.05, 4.69) is 42.6 Å². The van der Waals surface area contributed by atoms with Crippen molar-refractivity contribution in [2.24, 2.45) is 0 Å². The van der Waals surface area contributed by atoms with Gasteiger partial charge >= 0.3 is 0 Å². The van der Waals surface area contributed by atoms with Gasteiger partial charge in [-0.1, -0.05) is 39.5 Å². The normalized spacial score (nSPS) is 12.5. The minimum Gasteiger partial charge on any atom is -0.460 e. The van der Waals surface area contributed by atoms with Crippen LogP contribution in [0.5, 0.6) is 5.88 Å². The maximum Gasteiger partial charge on any atom is 0.233 e. The lowest BCUT2D eigenvalue weighted by atomic mass is 9.93. The average Bonchev–Trinajstić information content (AvgIpc) is 2.26. The van der Waals surface area contributed by atoms with Crippen molar-refractivity contribution in [3.63, 3.8) is 0 Å². The fourth-order valence-corrected chi connectivity index (χ4v) is 1.22. The minimum absolute atomic E-state index is 0.0131. The summed E-state index contributed by atoms with van der Waals surface area (Å²) in [6, 6.07) is 0. The van der Waals surface area contributed by atoms with Gasteiger partial charge in [0.1, 0.15) is 0 Å². The molecule has 0 saturated heterocycles. The maximum absolute atomic E-state index is 5.54. The van der Waals surface area contributed by atoms with E-state index < -0.39 is 0 Å². The molecule has 0 aliphatic heterocycles. The molecule has 0 N–H and O–H groups in total. The van der Waals surface area contributed by atoms with Gasteiger partial charge < -0.3 is 4.74 Å². The van der Waals surface area contributed by atoms with E-state index in [9.17, 15) is 0 Å². The van der Waals surface area contributed by atoms with E-state index in [-0.39, 0.29) is 11.5 Å². The predicted molar refractivity (Wildman–Crippen MR) is 68.9 cm³/mol. The lowest BCUT2D eigenvalue weighted by molar-refractivity contribution is 0.265. The number of nitrogens with zero attached hydrogens (tertiary/aromatic N) is 2. The lowest BCUT2D eigenvalue weighted by Crippen LogP contribution is -2.15. The largest absolute Gasteiger partial charge is 0.460 e. The molecule has 1 atom stereocenters. The van der Waals surface area contributed by atoms with E-state index in [4.69, 9.17) is 4.74 Å². The molecule has 1 aromatic heterocycles. The van der Waals surface area contributed by atoms with Crippen LogP contribution in [0.25, 0.3) is 0 Å². The zero-order chi connectivity index (χ0) is 12.9. The highest BCUT2D eigenvalue weighted by Crippen LogP contribution is 2.19. The molecule has 0 aliphatic rings. The zero-order valence-corrected chi connectivity index (χ0v) is 11.2. The summed E-state index contributed by atoms with van der Waals surface area (Å²) in [5, 5.41) is 0. The average molecular weight is 232 g/mol. The molecule has 1 aromatic rings. The van der Waals surface area contributed by atoms with Gasteiger partial charge in [0.2, 0.25) is 5.88 Å². The van der Waals surface area contributed by atoms with Crippen LogP contribution in [0.3, 0.4) is 0 Å². The van der Waals surface area contributed by atoms with Crippen LogP contribution in [0.1, 0.15) is 46.7 Å². The molecule has 17 heavy (non-hydrogen) atoms. The third-order valence-corrected chi connectivity index (χ3v) is 2.18. The monoisotopic (exact) mass is 232 g/mol. The molecule has 1 rings (SSSR count). The molecule has 0 spiro atoms. The van der Waals surface area contributed by atoms with Crippen molar-refractivity contribution in [1.29, 1.82) is 0 Å². The molecule has 3 heteroatoms. The molecule has 3 nitrogen and oxygen atoms in total. The number of ether oxygens (including phenoxy) is 1. The van der Waals surface area contributed by atoms with Gasteiger partial charge in [0.05, 0.1) is 18.1 Å². The Morgan fingerprint density at radius 2 is 2.00 bits per heavy atom. The smallest absolute Gasteiger partial charge is 0.233 e. The lowest BCUT2D eigenvalue weighted by Gasteiger charge is -2.17. The molecule has 1 heterocycles. The van der Waals surface area contributed by atoms with E-state index in [1.807, 2.05) is 13.8 Å². The Kier molecular flexibility index (Phi) is 4.51. The van der Waals surface area contributed by atoms with Crippen LogP contribution in [0.4, 0.5) is 0 Å². The summed E-state index contributed by atoms with van der Waals surface area (Å²) in [5.74, 6) is 6.49. The first kappa shape index (κ1) is 13.5. The number of hydrogen-bond donors (Lipinski definition) is 0. The Hall–Kier alpha value is -1.56. The molecule has 0 saturated carbocycles. The first-order chi connectivity index (χ1) is 7.93. The highest BCUT2D eigenvalue weighted by molar-refractivity contribution is 5.15. The van der Waals surface area contributed by atoms with Crippen molar-refractivity contribution in [3.05, 3.63) is 18.1 Å². The SMILES string of the molecule is CCC#C[C@H](C)Oc1cnc(C(C)(C)C)cn1. The summed E-state index contributed by atoms with van der Waals surface area (Å²) < 4.78 is 5.54.